The third-order valence-corrected chi connectivity index (χ3v) is 7.60. The number of aromatic nitrogens is 2. The number of para-hydroxylation sites is 4. The number of fused-ring (bicyclic) bond motifs is 4. The third kappa shape index (κ3) is 3.97. The van der Waals surface area contributed by atoms with E-state index in [4.69, 9.17) is 9.40 Å². The van der Waals surface area contributed by atoms with Crippen LogP contribution in [0.4, 0.5) is 17.1 Å². The fourth-order valence-corrected chi connectivity index (χ4v) is 5.69. The highest BCUT2D eigenvalue weighted by molar-refractivity contribution is 5.92. The second-order valence-electron chi connectivity index (χ2n) is 10.1. The summed E-state index contributed by atoms with van der Waals surface area (Å²) in [6.45, 7) is 0. The quantitative estimate of drug-likeness (QED) is 0.223. The van der Waals surface area contributed by atoms with Gasteiger partial charge in [0.25, 0.3) is 0 Å². The summed E-state index contributed by atoms with van der Waals surface area (Å²) in [5.41, 5.74) is 9.14. The van der Waals surface area contributed by atoms with Crippen molar-refractivity contribution in [3.05, 3.63) is 152 Å². The maximum absolute atomic E-state index is 6.23. The zero-order valence-electron chi connectivity index (χ0n) is 22.2. The summed E-state index contributed by atoms with van der Waals surface area (Å²) < 4.78 is 8.37. The van der Waals surface area contributed by atoms with Gasteiger partial charge in [-0.25, -0.2) is 0 Å². The van der Waals surface area contributed by atoms with Crippen LogP contribution in [-0.4, -0.2) is 9.38 Å². The van der Waals surface area contributed by atoms with E-state index in [0.29, 0.717) is 5.84 Å². The average Bonchev–Trinajstić information content (AvgIpc) is 3.59. The molecule has 8 rings (SSSR count). The van der Waals surface area contributed by atoms with Gasteiger partial charge in [-0.2, -0.15) is 4.98 Å². The number of benzene rings is 6. The Bertz CT molecular complexity index is 2100. The largest absolute Gasteiger partial charge is 0.423 e. The van der Waals surface area contributed by atoms with Crippen LogP contribution in [0.25, 0.3) is 50.2 Å². The van der Waals surface area contributed by atoms with Gasteiger partial charge in [0.15, 0.2) is 5.58 Å². The van der Waals surface area contributed by atoms with Crippen molar-refractivity contribution < 1.29 is 4.42 Å². The summed E-state index contributed by atoms with van der Waals surface area (Å²) in [6, 6.07) is 52.7. The molecule has 0 N–H and O–H groups in total. The van der Waals surface area contributed by atoms with Crippen LogP contribution in [0.3, 0.4) is 0 Å². The number of hydrogen-bond donors (Lipinski definition) is 0. The fourth-order valence-electron chi connectivity index (χ4n) is 5.69. The van der Waals surface area contributed by atoms with Gasteiger partial charge >= 0.3 is 5.84 Å². The molecular weight excluding hydrogens is 502 g/mol. The van der Waals surface area contributed by atoms with Crippen molar-refractivity contribution in [1.82, 2.24) is 9.38 Å². The van der Waals surface area contributed by atoms with Crippen LogP contribution in [0, 0.1) is 0 Å². The van der Waals surface area contributed by atoms with Crippen molar-refractivity contribution in [2.24, 2.45) is 0 Å². The van der Waals surface area contributed by atoms with Crippen molar-refractivity contribution in [3.63, 3.8) is 0 Å². The van der Waals surface area contributed by atoms with Crippen LogP contribution in [0.15, 0.2) is 156 Å². The maximum atomic E-state index is 6.23. The van der Waals surface area contributed by atoms with Gasteiger partial charge in [0, 0.05) is 28.2 Å². The lowest BCUT2D eigenvalue weighted by molar-refractivity contribution is 0.642. The molecule has 0 aliphatic carbocycles. The summed E-state index contributed by atoms with van der Waals surface area (Å²) in [5.74, 6) is 0.587. The predicted molar refractivity (Wildman–Crippen MR) is 168 cm³/mol. The maximum Gasteiger partial charge on any atom is 0.307 e. The Balaban J connectivity index is 1.32. The van der Waals surface area contributed by atoms with E-state index >= 15 is 0 Å². The van der Waals surface area contributed by atoms with E-state index < -0.39 is 0 Å². The third-order valence-electron chi connectivity index (χ3n) is 7.60. The van der Waals surface area contributed by atoms with Crippen LogP contribution >= 0.6 is 0 Å². The molecule has 8 aromatic rings. The lowest BCUT2D eigenvalue weighted by atomic mass is 10.0. The molecule has 0 atom stereocenters. The van der Waals surface area contributed by atoms with E-state index in [1.54, 1.807) is 0 Å². The predicted octanol–water partition coefficient (Wildman–Crippen LogP) is 10.0. The lowest BCUT2D eigenvalue weighted by Gasteiger charge is -2.25. The molecule has 41 heavy (non-hydrogen) atoms. The number of anilines is 3. The molecule has 0 saturated carbocycles. The summed E-state index contributed by atoms with van der Waals surface area (Å²) >= 11 is 0. The zero-order valence-corrected chi connectivity index (χ0v) is 22.2. The standard InChI is InChI=1S/C37H25N3O/c1-3-13-30(14-4-1)39(31-15-5-2-6-16-31)32-23-21-27(22-24-32)36-35(29-20-19-26-11-7-8-12-28(26)25-29)38-37-40(36)33-17-9-10-18-34(33)41-37/h1-25H. The summed E-state index contributed by atoms with van der Waals surface area (Å²) in [6.07, 6.45) is 0. The Kier molecular flexibility index (Phi) is 5.42. The minimum absolute atomic E-state index is 0.587. The normalized spacial score (nSPS) is 11.4. The molecule has 4 heteroatoms. The number of nitrogens with zero attached hydrogens (tertiary/aromatic N) is 3. The highest BCUT2D eigenvalue weighted by atomic mass is 16.4. The monoisotopic (exact) mass is 527 g/mol. The van der Waals surface area contributed by atoms with E-state index in [1.165, 1.54) is 10.8 Å². The van der Waals surface area contributed by atoms with Crippen LogP contribution in [0.1, 0.15) is 0 Å². The second-order valence-corrected chi connectivity index (χ2v) is 10.1. The number of rotatable bonds is 5. The molecule has 0 fully saturated rings. The van der Waals surface area contributed by atoms with Crippen molar-refractivity contribution in [2.75, 3.05) is 4.90 Å². The first-order valence-corrected chi connectivity index (χ1v) is 13.7. The number of imidazole rings is 1. The smallest absolute Gasteiger partial charge is 0.307 e. The summed E-state index contributed by atoms with van der Waals surface area (Å²) in [7, 11) is 0. The van der Waals surface area contributed by atoms with E-state index in [1.807, 2.05) is 30.3 Å². The molecule has 0 amide bonds. The molecule has 0 aliphatic rings. The lowest BCUT2D eigenvalue weighted by Crippen LogP contribution is -2.09. The average molecular weight is 528 g/mol. The van der Waals surface area contributed by atoms with Crippen molar-refractivity contribution in [2.45, 2.75) is 0 Å². The van der Waals surface area contributed by atoms with Gasteiger partial charge in [0.1, 0.15) is 5.69 Å². The Morgan fingerprint density at radius 2 is 1.10 bits per heavy atom. The minimum atomic E-state index is 0.587. The van der Waals surface area contributed by atoms with Crippen LogP contribution in [0.5, 0.6) is 0 Å². The first kappa shape index (κ1) is 23.3. The first-order chi connectivity index (χ1) is 20.3. The van der Waals surface area contributed by atoms with Gasteiger partial charge in [0.2, 0.25) is 0 Å². The highest BCUT2D eigenvalue weighted by Gasteiger charge is 2.22. The first-order valence-electron chi connectivity index (χ1n) is 13.7. The highest BCUT2D eigenvalue weighted by Crippen LogP contribution is 2.39. The van der Waals surface area contributed by atoms with Crippen molar-refractivity contribution in [1.29, 1.82) is 0 Å². The molecule has 0 saturated heterocycles. The molecule has 0 unspecified atom stereocenters. The van der Waals surface area contributed by atoms with Gasteiger partial charge in [-0.15, -0.1) is 0 Å². The van der Waals surface area contributed by atoms with E-state index in [-0.39, 0.29) is 0 Å². The van der Waals surface area contributed by atoms with Crippen molar-refractivity contribution in [3.8, 4) is 22.5 Å². The van der Waals surface area contributed by atoms with Gasteiger partial charge in [-0.3, -0.25) is 4.40 Å². The molecule has 2 aromatic heterocycles. The molecule has 0 radical (unpaired) electrons. The van der Waals surface area contributed by atoms with Crippen LogP contribution < -0.4 is 4.90 Å². The Hall–Kier alpha value is -5.61. The van der Waals surface area contributed by atoms with Gasteiger partial charge in [-0.05, 0) is 65.4 Å². The molecular formula is C37H25N3O. The van der Waals surface area contributed by atoms with E-state index in [9.17, 15) is 0 Å². The van der Waals surface area contributed by atoms with Gasteiger partial charge < -0.3 is 9.32 Å². The Labute approximate surface area is 237 Å². The molecule has 4 nitrogen and oxygen atoms in total. The van der Waals surface area contributed by atoms with Crippen LogP contribution in [-0.2, 0) is 0 Å². The summed E-state index contributed by atoms with van der Waals surface area (Å²) in [4.78, 5) is 7.31. The van der Waals surface area contributed by atoms with Gasteiger partial charge in [-0.1, -0.05) is 97.1 Å². The topological polar surface area (TPSA) is 33.7 Å². The SMILES string of the molecule is c1ccc(N(c2ccccc2)c2ccc(-c3c(-c4ccc5ccccc5c4)nc4oc5ccccc5n34)cc2)cc1. The molecule has 2 heterocycles. The Morgan fingerprint density at radius 1 is 0.512 bits per heavy atom. The molecule has 0 bridgehead atoms. The fraction of sp³-hybridized carbons (Fsp3) is 0. The summed E-state index contributed by atoms with van der Waals surface area (Å²) in [5, 5.41) is 2.39. The molecule has 0 spiro atoms. The number of hydrogen-bond acceptors (Lipinski definition) is 3. The van der Waals surface area contributed by atoms with Crippen LogP contribution in [0.2, 0.25) is 0 Å². The van der Waals surface area contributed by atoms with Crippen molar-refractivity contribution >= 4 is 44.8 Å². The molecule has 0 aliphatic heterocycles. The molecule has 194 valence electrons. The number of oxazole rings is 1. The minimum Gasteiger partial charge on any atom is -0.423 e. The molecule has 6 aromatic carbocycles. The van der Waals surface area contributed by atoms with Gasteiger partial charge in [0.05, 0.1) is 11.2 Å². The van der Waals surface area contributed by atoms with E-state index in [0.717, 1.165) is 50.7 Å². The second kappa shape index (κ2) is 9.54. The Morgan fingerprint density at radius 3 is 1.83 bits per heavy atom. The zero-order chi connectivity index (χ0) is 27.2. The van der Waals surface area contributed by atoms with E-state index in [2.05, 4.69) is 131 Å².